The predicted molar refractivity (Wildman–Crippen MR) is 97.5 cm³/mol. The number of carbonyl (C=O) groups excluding carboxylic acids is 1. The molecule has 1 saturated heterocycles. The van der Waals surface area contributed by atoms with Crippen LogP contribution in [-0.4, -0.2) is 39.0 Å². The van der Waals surface area contributed by atoms with Gasteiger partial charge in [0, 0.05) is 36.4 Å². The van der Waals surface area contributed by atoms with Gasteiger partial charge >= 0.3 is 0 Å². The molecule has 25 heavy (non-hydrogen) atoms. The third kappa shape index (κ3) is 2.86. The fourth-order valence-corrected chi connectivity index (χ4v) is 4.36. The number of rotatable bonds is 2. The molecule has 5 nitrogen and oxygen atoms in total. The fraction of sp³-hybridized carbons (Fsp3) is 0.500. The van der Waals surface area contributed by atoms with Crippen molar-refractivity contribution in [3.8, 4) is 5.69 Å². The van der Waals surface area contributed by atoms with E-state index in [1.54, 1.807) is 0 Å². The summed E-state index contributed by atoms with van der Waals surface area (Å²) >= 11 is 0. The summed E-state index contributed by atoms with van der Waals surface area (Å²) in [6, 6.07) is 10.3. The van der Waals surface area contributed by atoms with E-state index in [4.69, 9.17) is 0 Å². The SMILES string of the molecule is CC1(C)CC(C)(C(=O)N2CCc3c(ncn3-c3ccccc3)C2)CN1. The summed E-state index contributed by atoms with van der Waals surface area (Å²) in [5.41, 5.74) is 3.09. The lowest BCUT2D eigenvalue weighted by atomic mass is 9.82. The standard InChI is InChI=1S/C20H26N4O/c1-19(2)12-20(3,13-22-19)18(25)23-10-9-17-16(11-23)21-14-24(17)15-7-5-4-6-8-15/h4-8,14,22H,9-13H2,1-3H3. The molecule has 1 N–H and O–H groups in total. The van der Waals surface area contributed by atoms with Crippen molar-refractivity contribution in [1.82, 2.24) is 19.8 Å². The molecule has 0 bridgehead atoms. The van der Waals surface area contributed by atoms with Gasteiger partial charge in [-0.1, -0.05) is 18.2 Å². The number of fused-ring (bicyclic) bond motifs is 1. The average molecular weight is 338 g/mol. The Morgan fingerprint density at radius 1 is 1.20 bits per heavy atom. The minimum atomic E-state index is -0.316. The Morgan fingerprint density at radius 2 is 1.96 bits per heavy atom. The van der Waals surface area contributed by atoms with Crippen LogP contribution in [0.15, 0.2) is 36.7 Å². The smallest absolute Gasteiger partial charge is 0.230 e. The highest BCUT2D eigenvalue weighted by molar-refractivity contribution is 5.83. The molecule has 1 amide bonds. The van der Waals surface area contributed by atoms with Crippen LogP contribution in [0.1, 0.15) is 38.6 Å². The van der Waals surface area contributed by atoms with Gasteiger partial charge in [-0.3, -0.25) is 4.79 Å². The molecule has 0 aliphatic carbocycles. The van der Waals surface area contributed by atoms with Crippen LogP contribution in [0.5, 0.6) is 0 Å². The Bertz CT molecular complexity index is 795. The van der Waals surface area contributed by atoms with E-state index in [2.05, 4.69) is 47.8 Å². The number of amides is 1. The van der Waals surface area contributed by atoms with Crippen molar-refractivity contribution in [2.45, 2.75) is 45.7 Å². The number of hydrogen-bond acceptors (Lipinski definition) is 3. The van der Waals surface area contributed by atoms with Gasteiger partial charge in [-0.2, -0.15) is 0 Å². The van der Waals surface area contributed by atoms with Crippen molar-refractivity contribution in [3.05, 3.63) is 48.0 Å². The van der Waals surface area contributed by atoms with E-state index in [0.717, 1.165) is 37.3 Å². The summed E-state index contributed by atoms with van der Waals surface area (Å²) in [5, 5.41) is 3.48. The number of nitrogens with one attached hydrogen (secondary N) is 1. The van der Waals surface area contributed by atoms with Crippen LogP contribution in [0.3, 0.4) is 0 Å². The molecule has 1 atom stereocenters. The lowest BCUT2D eigenvalue weighted by molar-refractivity contribution is -0.141. The van der Waals surface area contributed by atoms with Gasteiger partial charge in [0.15, 0.2) is 0 Å². The highest BCUT2D eigenvalue weighted by atomic mass is 16.2. The van der Waals surface area contributed by atoms with Gasteiger partial charge in [0.2, 0.25) is 5.91 Å². The topological polar surface area (TPSA) is 50.2 Å². The van der Waals surface area contributed by atoms with Crippen LogP contribution in [0.25, 0.3) is 5.69 Å². The van der Waals surface area contributed by atoms with Crippen LogP contribution in [0, 0.1) is 5.41 Å². The summed E-state index contributed by atoms with van der Waals surface area (Å²) in [6.07, 6.45) is 3.61. The first-order valence-electron chi connectivity index (χ1n) is 9.03. The number of nitrogens with zero attached hydrogens (tertiary/aromatic N) is 3. The maximum absolute atomic E-state index is 13.1. The second-order valence-electron chi connectivity index (χ2n) is 8.30. The molecule has 1 aromatic carbocycles. The van der Waals surface area contributed by atoms with Crippen LogP contribution in [-0.2, 0) is 17.8 Å². The van der Waals surface area contributed by atoms with E-state index in [-0.39, 0.29) is 16.9 Å². The third-order valence-corrected chi connectivity index (χ3v) is 5.54. The molecule has 1 unspecified atom stereocenters. The van der Waals surface area contributed by atoms with Crippen LogP contribution < -0.4 is 5.32 Å². The quantitative estimate of drug-likeness (QED) is 0.915. The van der Waals surface area contributed by atoms with Gasteiger partial charge in [-0.25, -0.2) is 4.98 Å². The molecule has 4 rings (SSSR count). The molecule has 132 valence electrons. The number of para-hydroxylation sites is 1. The molecule has 2 aliphatic heterocycles. The van der Waals surface area contributed by atoms with Crippen molar-refractivity contribution in [3.63, 3.8) is 0 Å². The number of carbonyl (C=O) groups is 1. The third-order valence-electron chi connectivity index (χ3n) is 5.54. The monoisotopic (exact) mass is 338 g/mol. The molecule has 0 spiro atoms. The summed E-state index contributed by atoms with van der Waals surface area (Å²) < 4.78 is 2.15. The van der Waals surface area contributed by atoms with Crippen molar-refractivity contribution >= 4 is 5.91 Å². The van der Waals surface area contributed by atoms with Gasteiger partial charge in [0.1, 0.15) is 0 Å². The highest BCUT2D eigenvalue weighted by Crippen LogP contribution is 2.37. The van der Waals surface area contributed by atoms with E-state index >= 15 is 0 Å². The van der Waals surface area contributed by atoms with Gasteiger partial charge in [0.05, 0.1) is 24.0 Å². The first kappa shape index (κ1) is 16.3. The molecular weight excluding hydrogens is 312 g/mol. The molecule has 1 fully saturated rings. The van der Waals surface area contributed by atoms with Gasteiger partial charge in [0.25, 0.3) is 0 Å². The summed E-state index contributed by atoms with van der Waals surface area (Å²) in [4.78, 5) is 19.7. The fourth-order valence-electron chi connectivity index (χ4n) is 4.36. The Morgan fingerprint density at radius 3 is 2.64 bits per heavy atom. The molecule has 2 aromatic rings. The van der Waals surface area contributed by atoms with Gasteiger partial charge in [-0.15, -0.1) is 0 Å². The molecular formula is C20H26N4O. The molecule has 0 saturated carbocycles. The maximum Gasteiger partial charge on any atom is 0.230 e. The van der Waals surface area contributed by atoms with Gasteiger partial charge < -0.3 is 14.8 Å². The first-order chi connectivity index (χ1) is 11.9. The average Bonchev–Trinajstić information content (AvgIpc) is 3.15. The normalized spacial score (nSPS) is 25.0. The van der Waals surface area contributed by atoms with E-state index < -0.39 is 0 Å². The van der Waals surface area contributed by atoms with Crippen molar-refractivity contribution in [1.29, 1.82) is 0 Å². The van der Waals surface area contributed by atoms with Crippen LogP contribution >= 0.6 is 0 Å². The largest absolute Gasteiger partial charge is 0.336 e. The molecule has 1 aromatic heterocycles. The van der Waals surface area contributed by atoms with Gasteiger partial charge in [-0.05, 0) is 39.3 Å². The Labute approximate surface area is 149 Å². The lowest BCUT2D eigenvalue weighted by Crippen LogP contribution is -2.46. The van der Waals surface area contributed by atoms with E-state index in [0.29, 0.717) is 6.54 Å². The molecule has 2 aliphatic rings. The number of benzene rings is 1. The summed E-state index contributed by atoms with van der Waals surface area (Å²) in [6.45, 7) is 8.56. The minimum Gasteiger partial charge on any atom is -0.336 e. The zero-order valence-corrected chi connectivity index (χ0v) is 15.2. The zero-order valence-electron chi connectivity index (χ0n) is 15.2. The summed E-state index contributed by atoms with van der Waals surface area (Å²) in [5.74, 6) is 0.255. The Kier molecular flexibility index (Phi) is 3.72. The molecule has 0 radical (unpaired) electrons. The summed E-state index contributed by atoms with van der Waals surface area (Å²) in [7, 11) is 0. The number of imidazole rings is 1. The van der Waals surface area contributed by atoms with Crippen molar-refractivity contribution in [2.24, 2.45) is 5.41 Å². The van der Waals surface area contributed by atoms with Crippen LogP contribution in [0.4, 0.5) is 0 Å². The lowest BCUT2D eigenvalue weighted by Gasteiger charge is -2.34. The second kappa shape index (κ2) is 5.70. The Hall–Kier alpha value is -2.14. The van der Waals surface area contributed by atoms with E-state index in [9.17, 15) is 4.79 Å². The number of aromatic nitrogens is 2. The Balaban J connectivity index is 1.55. The van der Waals surface area contributed by atoms with E-state index in [1.165, 1.54) is 5.69 Å². The minimum absolute atomic E-state index is 0.0280. The van der Waals surface area contributed by atoms with E-state index in [1.807, 2.05) is 29.4 Å². The van der Waals surface area contributed by atoms with Crippen molar-refractivity contribution in [2.75, 3.05) is 13.1 Å². The second-order valence-corrected chi connectivity index (χ2v) is 8.30. The molecule has 3 heterocycles. The highest BCUT2D eigenvalue weighted by Gasteiger charge is 2.47. The van der Waals surface area contributed by atoms with Crippen molar-refractivity contribution < 1.29 is 4.79 Å². The number of hydrogen-bond donors (Lipinski definition) is 1. The van der Waals surface area contributed by atoms with Crippen LogP contribution in [0.2, 0.25) is 0 Å². The zero-order chi connectivity index (χ0) is 17.7. The molecule has 5 heteroatoms. The predicted octanol–water partition coefficient (Wildman–Crippen LogP) is 2.54. The maximum atomic E-state index is 13.1. The first-order valence-corrected chi connectivity index (χ1v) is 9.03.